The normalized spacial score (nSPS) is 22.2. The topological polar surface area (TPSA) is 75.4 Å². The second kappa shape index (κ2) is 6.74. The van der Waals surface area contributed by atoms with Gasteiger partial charge in [0, 0.05) is 38.4 Å². The van der Waals surface area contributed by atoms with Crippen molar-refractivity contribution >= 4 is 11.9 Å². The van der Waals surface area contributed by atoms with Gasteiger partial charge in [-0.05, 0) is 25.3 Å². The number of rotatable bonds is 6. The molecular weight excluding hydrogens is 270 g/mol. The molecule has 6 heteroatoms. The minimum Gasteiger partial charge on any atom is -0.481 e. The van der Waals surface area contributed by atoms with Crippen molar-refractivity contribution in [2.45, 2.75) is 45.6 Å². The van der Waals surface area contributed by atoms with E-state index in [1.54, 1.807) is 15.8 Å². The van der Waals surface area contributed by atoms with Crippen molar-refractivity contribution in [3.63, 3.8) is 0 Å². The first-order valence-electron chi connectivity index (χ1n) is 7.56. The predicted octanol–water partition coefficient (Wildman–Crippen LogP) is 1.77. The highest BCUT2D eigenvalue weighted by Gasteiger charge is 2.42. The van der Waals surface area contributed by atoms with Gasteiger partial charge in [0.05, 0.1) is 5.41 Å². The van der Waals surface area contributed by atoms with Gasteiger partial charge < -0.3 is 10.0 Å². The van der Waals surface area contributed by atoms with Gasteiger partial charge in [-0.2, -0.15) is 5.10 Å². The molecule has 2 heterocycles. The van der Waals surface area contributed by atoms with Crippen molar-refractivity contribution in [3.8, 4) is 0 Å². The molecule has 1 aliphatic heterocycles. The van der Waals surface area contributed by atoms with Crippen molar-refractivity contribution in [1.29, 1.82) is 0 Å². The molecule has 0 aromatic carbocycles. The maximum atomic E-state index is 12.3. The van der Waals surface area contributed by atoms with E-state index < -0.39 is 11.4 Å². The summed E-state index contributed by atoms with van der Waals surface area (Å²) >= 11 is 0. The molecule has 0 spiro atoms. The number of carboxylic acid groups (broad SMARTS) is 1. The second-order valence-electron chi connectivity index (χ2n) is 5.77. The summed E-state index contributed by atoms with van der Waals surface area (Å²) in [6.07, 6.45) is 6.75. The van der Waals surface area contributed by atoms with Gasteiger partial charge >= 0.3 is 5.97 Å². The van der Waals surface area contributed by atoms with E-state index in [1.807, 2.05) is 19.2 Å². The minimum absolute atomic E-state index is 0.0203. The number of piperidine rings is 1. The van der Waals surface area contributed by atoms with Gasteiger partial charge in [0.1, 0.15) is 0 Å². The van der Waals surface area contributed by atoms with Crippen LogP contribution in [0.3, 0.4) is 0 Å². The quantitative estimate of drug-likeness (QED) is 0.867. The maximum absolute atomic E-state index is 12.3. The lowest BCUT2D eigenvalue weighted by atomic mass is 9.76. The molecule has 1 N–H and O–H groups in total. The summed E-state index contributed by atoms with van der Waals surface area (Å²) in [5.74, 6) is -0.749. The van der Waals surface area contributed by atoms with Gasteiger partial charge in [0.25, 0.3) is 0 Å². The lowest BCUT2D eigenvalue weighted by Gasteiger charge is -2.40. The molecule has 1 atom stereocenters. The van der Waals surface area contributed by atoms with Crippen molar-refractivity contribution in [3.05, 3.63) is 18.5 Å². The van der Waals surface area contributed by atoms with Gasteiger partial charge in [-0.3, -0.25) is 14.3 Å². The summed E-state index contributed by atoms with van der Waals surface area (Å²) in [4.78, 5) is 25.6. The van der Waals surface area contributed by atoms with Crippen molar-refractivity contribution in [1.82, 2.24) is 14.7 Å². The summed E-state index contributed by atoms with van der Waals surface area (Å²) in [7, 11) is 0. The molecule has 1 unspecified atom stereocenters. The average molecular weight is 293 g/mol. The van der Waals surface area contributed by atoms with Gasteiger partial charge in [0.2, 0.25) is 5.91 Å². The van der Waals surface area contributed by atoms with Crippen LogP contribution in [0.2, 0.25) is 0 Å². The molecule has 1 aromatic rings. The van der Waals surface area contributed by atoms with Crippen LogP contribution in [0.5, 0.6) is 0 Å². The lowest BCUT2D eigenvalue weighted by molar-refractivity contribution is -0.155. The van der Waals surface area contributed by atoms with Crippen LogP contribution in [0.15, 0.2) is 18.5 Å². The summed E-state index contributed by atoms with van der Waals surface area (Å²) in [6.45, 7) is 3.53. The Hall–Kier alpha value is -1.85. The Morgan fingerprint density at radius 3 is 2.86 bits per heavy atom. The van der Waals surface area contributed by atoms with Crippen LogP contribution in [-0.4, -0.2) is 44.8 Å². The Balaban J connectivity index is 1.96. The third-order valence-corrected chi connectivity index (χ3v) is 4.23. The first kappa shape index (κ1) is 15.5. The number of hydrogen-bond acceptors (Lipinski definition) is 3. The number of aliphatic carboxylic acids is 1. The van der Waals surface area contributed by atoms with Crippen LogP contribution in [0.1, 0.15) is 39.0 Å². The number of aryl methyl sites for hydroxylation is 1. The summed E-state index contributed by atoms with van der Waals surface area (Å²) in [6, 6.07) is 1.82. The van der Waals surface area contributed by atoms with Crippen molar-refractivity contribution in [2.24, 2.45) is 5.41 Å². The number of carboxylic acids is 1. The fraction of sp³-hybridized carbons (Fsp3) is 0.667. The third-order valence-electron chi connectivity index (χ3n) is 4.23. The van der Waals surface area contributed by atoms with E-state index in [0.717, 1.165) is 12.8 Å². The smallest absolute Gasteiger partial charge is 0.311 e. The number of hydrogen-bond donors (Lipinski definition) is 1. The van der Waals surface area contributed by atoms with Crippen molar-refractivity contribution in [2.75, 3.05) is 13.1 Å². The third kappa shape index (κ3) is 3.62. The Labute approximate surface area is 124 Å². The monoisotopic (exact) mass is 293 g/mol. The molecule has 2 rings (SSSR count). The largest absolute Gasteiger partial charge is 0.481 e. The molecule has 1 fully saturated rings. The molecule has 116 valence electrons. The molecule has 21 heavy (non-hydrogen) atoms. The highest BCUT2D eigenvalue weighted by Crippen LogP contribution is 2.35. The van der Waals surface area contributed by atoms with Crippen LogP contribution in [0, 0.1) is 5.41 Å². The van der Waals surface area contributed by atoms with E-state index >= 15 is 0 Å². The summed E-state index contributed by atoms with van der Waals surface area (Å²) in [5, 5.41) is 13.6. The summed E-state index contributed by atoms with van der Waals surface area (Å²) < 4.78 is 1.72. The number of amides is 1. The molecule has 6 nitrogen and oxygen atoms in total. The van der Waals surface area contributed by atoms with Crippen LogP contribution in [-0.2, 0) is 16.1 Å². The highest BCUT2D eigenvalue weighted by molar-refractivity contribution is 5.79. The zero-order chi connectivity index (χ0) is 15.3. The zero-order valence-corrected chi connectivity index (χ0v) is 12.5. The predicted molar refractivity (Wildman–Crippen MR) is 77.6 cm³/mol. The Bertz CT molecular complexity index is 482. The van der Waals surface area contributed by atoms with Gasteiger partial charge in [-0.25, -0.2) is 0 Å². The second-order valence-corrected chi connectivity index (χ2v) is 5.77. The SMILES string of the molecule is CCCC1(C(=O)O)CCCN(C(=O)CCn2cccn2)C1. The Kier molecular flexibility index (Phi) is 4.98. The van der Waals surface area contributed by atoms with Crippen LogP contribution in [0.4, 0.5) is 0 Å². The fourth-order valence-electron chi connectivity index (χ4n) is 3.11. The number of aromatic nitrogens is 2. The lowest BCUT2D eigenvalue weighted by Crippen LogP contribution is -2.50. The van der Waals surface area contributed by atoms with Crippen LogP contribution in [0.25, 0.3) is 0 Å². The molecular formula is C15H23N3O3. The first-order chi connectivity index (χ1) is 10.1. The molecule has 0 radical (unpaired) electrons. The van der Waals surface area contributed by atoms with Crippen LogP contribution >= 0.6 is 0 Å². The first-order valence-corrected chi connectivity index (χ1v) is 7.56. The van der Waals surface area contributed by atoms with Crippen LogP contribution < -0.4 is 0 Å². The Morgan fingerprint density at radius 2 is 2.24 bits per heavy atom. The van der Waals surface area contributed by atoms with Gasteiger partial charge in [-0.1, -0.05) is 13.3 Å². The molecule has 1 saturated heterocycles. The average Bonchev–Trinajstić information content (AvgIpc) is 2.98. The fourth-order valence-corrected chi connectivity index (χ4v) is 3.11. The minimum atomic E-state index is -0.770. The number of nitrogens with zero attached hydrogens (tertiary/aromatic N) is 3. The maximum Gasteiger partial charge on any atom is 0.311 e. The molecule has 1 aromatic heterocycles. The van der Waals surface area contributed by atoms with E-state index in [2.05, 4.69) is 5.10 Å². The van der Waals surface area contributed by atoms with Gasteiger partial charge in [0.15, 0.2) is 0 Å². The van der Waals surface area contributed by atoms with E-state index in [9.17, 15) is 14.7 Å². The number of carbonyl (C=O) groups excluding carboxylic acids is 1. The van der Waals surface area contributed by atoms with E-state index in [0.29, 0.717) is 38.9 Å². The highest BCUT2D eigenvalue weighted by atomic mass is 16.4. The standard InChI is InChI=1S/C15H23N3O3/c1-2-6-15(14(20)21)7-3-9-17(12-15)13(19)5-11-18-10-4-8-16-18/h4,8,10H,2-3,5-7,9,11-12H2,1H3,(H,20,21). The van der Waals surface area contributed by atoms with E-state index in [-0.39, 0.29) is 5.91 Å². The van der Waals surface area contributed by atoms with Crippen molar-refractivity contribution < 1.29 is 14.7 Å². The molecule has 1 amide bonds. The molecule has 0 saturated carbocycles. The molecule has 0 aliphatic carbocycles. The summed E-state index contributed by atoms with van der Waals surface area (Å²) in [5.41, 5.74) is -0.756. The van der Waals surface area contributed by atoms with E-state index in [1.165, 1.54) is 0 Å². The zero-order valence-electron chi connectivity index (χ0n) is 12.5. The molecule has 0 bridgehead atoms. The number of carbonyl (C=O) groups is 2. The molecule has 1 aliphatic rings. The Morgan fingerprint density at radius 1 is 1.43 bits per heavy atom. The van der Waals surface area contributed by atoms with Gasteiger partial charge in [-0.15, -0.1) is 0 Å². The number of likely N-dealkylation sites (tertiary alicyclic amines) is 1. The van der Waals surface area contributed by atoms with E-state index in [4.69, 9.17) is 0 Å².